The third-order valence-electron chi connectivity index (χ3n) is 2.86. The van der Waals surface area contributed by atoms with Crippen LogP contribution in [-0.2, 0) is 12.6 Å². The van der Waals surface area contributed by atoms with Gasteiger partial charge in [0.15, 0.2) is 5.78 Å². The Bertz CT molecular complexity index is 656. The van der Waals surface area contributed by atoms with Gasteiger partial charge in [0.05, 0.1) is 11.1 Å². The molecule has 0 bridgehead atoms. The SMILES string of the molecule is O=C(Cc1cccc(C(F)(F)F)c1)c1c(F)cccc1F. The number of ketones is 1. The van der Waals surface area contributed by atoms with Crippen molar-refractivity contribution >= 4 is 5.78 Å². The van der Waals surface area contributed by atoms with Crippen molar-refractivity contribution in [2.24, 2.45) is 0 Å². The summed E-state index contributed by atoms with van der Waals surface area (Å²) < 4.78 is 64.5. The Morgan fingerprint density at radius 2 is 1.52 bits per heavy atom. The first-order chi connectivity index (χ1) is 9.79. The smallest absolute Gasteiger partial charge is 0.294 e. The van der Waals surface area contributed by atoms with Gasteiger partial charge in [0.25, 0.3) is 0 Å². The van der Waals surface area contributed by atoms with Crippen molar-refractivity contribution in [1.82, 2.24) is 0 Å². The summed E-state index contributed by atoms with van der Waals surface area (Å²) in [6.45, 7) is 0. The summed E-state index contributed by atoms with van der Waals surface area (Å²) >= 11 is 0. The second kappa shape index (κ2) is 5.63. The highest BCUT2D eigenvalue weighted by Gasteiger charge is 2.30. The first-order valence-electron chi connectivity index (χ1n) is 5.92. The van der Waals surface area contributed by atoms with Crippen molar-refractivity contribution < 1.29 is 26.7 Å². The Morgan fingerprint density at radius 1 is 0.952 bits per heavy atom. The summed E-state index contributed by atoms with van der Waals surface area (Å²) in [5.41, 5.74) is -1.62. The van der Waals surface area contributed by atoms with Crippen molar-refractivity contribution in [2.45, 2.75) is 12.6 Å². The first-order valence-corrected chi connectivity index (χ1v) is 5.92. The van der Waals surface area contributed by atoms with Crippen LogP contribution in [0.1, 0.15) is 21.5 Å². The number of carbonyl (C=O) groups excluding carboxylic acids is 1. The zero-order valence-electron chi connectivity index (χ0n) is 10.5. The van der Waals surface area contributed by atoms with Crippen molar-refractivity contribution in [3.63, 3.8) is 0 Å². The maximum atomic E-state index is 13.4. The van der Waals surface area contributed by atoms with E-state index >= 15 is 0 Å². The Hall–Kier alpha value is -2.24. The monoisotopic (exact) mass is 300 g/mol. The molecule has 0 amide bonds. The van der Waals surface area contributed by atoms with Crippen LogP contribution in [0.5, 0.6) is 0 Å². The van der Waals surface area contributed by atoms with Crippen LogP contribution in [0, 0.1) is 11.6 Å². The maximum absolute atomic E-state index is 13.4. The van der Waals surface area contributed by atoms with E-state index in [0.717, 1.165) is 36.4 Å². The maximum Gasteiger partial charge on any atom is 0.416 e. The average Bonchev–Trinajstić information content (AvgIpc) is 2.37. The molecule has 0 N–H and O–H groups in total. The lowest BCUT2D eigenvalue weighted by molar-refractivity contribution is -0.137. The van der Waals surface area contributed by atoms with E-state index in [9.17, 15) is 26.7 Å². The molecular weight excluding hydrogens is 291 g/mol. The molecule has 0 saturated carbocycles. The Morgan fingerprint density at radius 3 is 2.10 bits per heavy atom. The molecule has 2 aromatic rings. The van der Waals surface area contributed by atoms with Gasteiger partial charge in [0, 0.05) is 6.42 Å². The molecule has 0 unspecified atom stereocenters. The van der Waals surface area contributed by atoms with E-state index < -0.39 is 41.1 Å². The number of Topliss-reactive ketones (excluding diaryl/α,β-unsaturated/α-hetero) is 1. The molecule has 21 heavy (non-hydrogen) atoms. The third-order valence-corrected chi connectivity index (χ3v) is 2.86. The Labute approximate surface area is 117 Å². The minimum Gasteiger partial charge on any atom is -0.294 e. The second-order valence-electron chi connectivity index (χ2n) is 4.39. The molecule has 0 aliphatic rings. The summed E-state index contributed by atoms with van der Waals surface area (Å²) in [6, 6.07) is 7.03. The molecule has 0 aromatic heterocycles. The summed E-state index contributed by atoms with van der Waals surface area (Å²) in [5.74, 6) is -2.98. The van der Waals surface area contributed by atoms with Gasteiger partial charge in [-0.25, -0.2) is 8.78 Å². The van der Waals surface area contributed by atoms with Gasteiger partial charge >= 0.3 is 6.18 Å². The predicted molar refractivity (Wildman–Crippen MR) is 65.8 cm³/mol. The van der Waals surface area contributed by atoms with E-state index in [2.05, 4.69) is 0 Å². The molecule has 1 nitrogen and oxygen atoms in total. The number of hydrogen-bond donors (Lipinski definition) is 0. The summed E-state index contributed by atoms with van der Waals surface area (Å²) in [4.78, 5) is 11.9. The van der Waals surface area contributed by atoms with E-state index in [1.54, 1.807) is 0 Å². The van der Waals surface area contributed by atoms with Crippen LogP contribution < -0.4 is 0 Å². The molecule has 2 rings (SSSR count). The molecule has 0 saturated heterocycles. The van der Waals surface area contributed by atoms with Crippen LogP contribution in [0.4, 0.5) is 22.0 Å². The minimum absolute atomic E-state index is 0.0393. The Balaban J connectivity index is 2.28. The molecule has 0 aliphatic carbocycles. The van der Waals surface area contributed by atoms with E-state index in [1.165, 1.54) is 6.07 Å². The lowest BCUT2D eigenvalue weighted by atomic mass is 10.0. The highest BCUT2D eigenvalue weighted by atomic mass is 19.4. The lowest BCUT2D eigenvalue weighted by Gasteiger charge is -2.09. The van der Waals surface area contributed by atoms with Gasteiger partial charge in [-0.3, -0.25) is 4.79 Å². The van der Waals surface area contributed by atoms with Gasteiger partial charge in [-0.2, -0.15) is 13.2 Å². The van der Waals surface area contributed by atoms with Crippen LogP contribution in [0.15, 0.2) is 42.5 Å². The highest BCUT2D eigenvalue weighted by molar-refractivity contribution is 5.98. The van der Waals surface area contributed by atoms with Crippen molar-refractivity contribution in [3.8, 4) is 0 Å². The zero-order chi connectivity index (χ0) is 15.6. The van der Waals surface area contributed by atoms with Gasteiger partial charge in [0.1, 0.15) is 11.6 Å². The van der Waals surface area contributed by atoms with Crippen LogP contribution >= 0.6 is 0 Å². The molecule has 0 fully saturated rings. The zero-order valence-corrected chi connectivity index (χ0v) is 10.5. The van der Waals surface area contributed by atoms with Crippen LogP contribution in [0.25, 0.3) is 0 Å². The standard InChI is InChI=1S/C15H9F5O/c16-11-5-2-6-12(17)14(11)13(21)8-9-3-1-4-10(7-9)15(18,19)20/h1-7H,8H2. The molecule has 110 valence electrons. The number of alkyl halides is 3. The minimum atomic E-state index is -4.54. The van der Waals surface area contributed by atoms with Gasteiger partial charge in [-0.1, -0.05) is 24.3 Å². The van der Waals surface area contributed by atoms with Gasteiger partial charge in [-0.05, 0) is 23.8 Å². The van der Waals surface area contributed by atoms with E-state index in [0.29, 0.717) is 0 Å². The van der Waals surface area contributed by atoms with Crippen molar-refractivity contribution in [1.29, 1.82) is 0 Å². The normalized spacial score (nSPS) is 11.5. The molecule has 0 aliphatic heterocycles. The van der Waals surface area contributed by atoms with Gasteiger partial charge in [-0.15, -0.1) is 0 Å². The van der Waals surface area contributed by atoms with Crippen molar-refractivity contribution in [2.75, 3.05) is 0 Å². The molecule has 0 heterocycles. The summed E-state index contributed by atoms with van der Waals surface area (Å²) in [7, 11) is 0. The molecule has 0 atom stereocenters. The average molecular weight is 300 g/mol. The largest absolute Gasteiger partial charge is 0.416 e. The summed E-state index contributed by atoms with van der Waals surface area (Å²) in [6.07, 6.45) is -5.05. The molecule has 6 heteroatoms. The van der Waals surface area contributed by atoms with Crippen LogP contribution in [0.2, 0.25) is 0 Å². The van der Waals surface area contributed by atoms with E-state index in [1.807, 2.05) is 0 Å². The third kappa shape index (κ3) is 3.45. The molecule has 0 radical (unpaired) electrons. The highest BCUT2D eigenvalue weighted by Crippen LogP contribution is 2.29. The van der Waals surface area contributed by atoms with E-state index in [-0.39, 0.29) is 5.56 Å². The molecular formula is C15H9F5O. The number of carbonyl (C=O) groups is 1. The quantitative estimate of drug-likeness (QED) is 0.606. The Kier molecular flexibility index (Phi) is 4.06. The van der Waals surface area contributed by atoms with Crippen LogP contribution in [0.3, 0.4) is 0 Å². The van der Waals surface area contributed by atoms with Gasteiger partial charge < -0.3 is 0 Å². The number of rotatable bonds is 3. The molecule has 2 aromatic carbocycles. The lowest BCUT2D eigenvalue weighted by Crippen LogP contribution is -2.10. The van der Waals surface area contributed by atoms with Gasteiger partial charge in [0.2, 0.25) is 0 Å². The fourth-order valence-corrected chi connectivity index (χ4v) is 1.90. The first kappa shape index (κ1) is 15.2. The fraction of sp³-hybridized carbons (Fsp3) is 0.133. The number of halogens is 5. The number of benzene rings is 2. The number of hydrogen-bond acceptors (Lipinski definition) is 1. The fourth-order valence-electron chi connectivity index (χ4n) is 1.90. The van der Waals surface area contributed by atoms with E-state index in [4.69, 9.17) is 0 Å². The molecule has 0 spiro atoms. The van der Waals surface area contributed by atoms with Crippen molar-refractivity contribution in [3.05, 3.63) is 70.8 Å². The second-order valence-corrected chi connectivity index (χ2v) is 4.39. The predicted octanol–water partition coefficient (Wildman–Crippen LogP) is 4.41. The topological polar surface area (TPSA) is 17.1 Å². The summed E-state index contributed by atoms with van der Waals surface area (Å²) in [5, 5.41) is 0. The van der Waals surface area contributed by atoms with Crippen LogP contribution in [-0.4, -0.2) is 5.78 Å².